The predicted molar refractivity (Wildman–Crippen MR) is 278 cm³/mol. The van der Waals surface area contributed by atoms with Gasteiger partial charge in [-0.1, -0.05) is 0 Å². The van der Waals surface area contributed by atoms with Crippen LogP contribution in [0.4, 0.5) is 0 Å². The summed E-state index contributed by atoms with van der Waals surface area (Å²) in [6.45, 7) is -4.32. The quantitative estimate of drug-likeness (QED) is 0.0318. The molecule has 6 saturated heterocycles. The number of aliphatic hydroxyl groups excluding tert-OH is 18. The first-order valence-electron chi connectivity index (χ1n) is 28.3. The molecule has 84 heavy (non-hydrogen) atoms. The minimum absolute atomic E-state index is 0.0154. The summed E-state index contributed by atoms with van der Waals surface area (Å²) >= 11 is 0. The van der Waals surface area contributed by atoms with E-state index in [1.165, 1.54) is 28.4 Å². The van der Waals surface area contributed by atoms with E-state index in [2.05, 4.69) is 0 Å². The number of methoxy groups -OCH3 is 4. The van der Waals surface area contributed by atoms with Crippen LogP contribution in [0.15, 0.2) is 0 Å². The molecular formula is C52H96O32. The summed E-state index contributed by atoms with van der Waals surface area (Å²) in [6, 6.07) is 0. The Morgan fingerprint density at radius 3 is 0.631 bits per heavy atom. The van der Waals surface area contributed by atoms with Gasteiger partial charge in [-0.15, -0.1) is 0 Å². The SMILES string of the molecule is COC[C@@H]1OC(CO)[C@@H](COC[C@@H]2OC(CO)[C@@H](COC[C@@H]3OC(CO)[C@@H](COC)[C@@H](O)C3O)[C@@H](O)C2O)[C@@H](O)C1O.COC[C@@H]1OC(CO)[C@@H](COC[C@@H]2OC(CO)[C@@H](O)[C@@H](COC[C@@H]3OC(CO)[C@@H](COC)[C@@H](O)C3O)C2O)[C@@H](O)C1O. The molecule has 496 valence electrons. The Morgan fingerprint density at radius 2 is 0.393 bits per heavy atom. The maximum atomic E-state index is 11.0. The molecule has 6 aliphatic rings. The monoisotopic (exact) mass is 1230 g/mol. The number of hydrogen-bond acceptors (Lipinski definition) is 32. The van der Waals surface area contributed by atoms with Gasteiger partial charge < -0.3 is 158 Å². The lowest BCUT2D eigenvalue weighted by atomic mass is 9.86. The molecule has 12 unspecified atom stereocenters. The van der Waals surface area contributed by atoms with E-state index in [1.54, 1.807) is 0 Å². The van der Waals surface area contributed by atoms with E-state index in [4.69, 9.17) is 66.3 Å². The van der Waals surface area contributed by atoms with Gasteiger partial charge >= 0.3 is 0 Å². The van der Waals surface area contributed by atoms with Gasteiger partial charge in [-0.3, -0.25) is 0 Å². The van der Waals surface area contributed by atoms with Crippen LogP contribution in [-0.2, 0) is 66.3 Å². The van der Waals surface area contributed by atoms with Crippen molar-refractivity contribution in [1.82, 2.24) is 0 Å². The highest BCUT2D eigenvalue weighted by Crippen LogP contribution is 2.34. The Kier molecular flexibility index (Phi) is 32.0. The van der Waals surface area contributed by atoms with Gasteiger partial charge in [0.2, 0.25) is 0 Å². The fourth-order valence-electron chi connectivity index (χ4n) is 11.7. The van der Waals surface area contributed by atoms with Gasteiger partial charge in [-0.2, -0.15) is 0 Å². The lowest BCUT2D eigenvalue weighted by Crippen LogP contribution is -2.59. The Labute approximate surface area is 486 Å². The van der Waals surface area contributed by atoms with Crippen molar-refractivity contribution in [2.45, 2.75) is 146 Å². The predicted octanol–water partition coefficient (Wildman–Crippen LogP) is -10.8. The fraction of sp³-hybridized carbons (Fsp3) is 1.00. The second kappa shape index (κ2) is 36.5. The molecule has 6 rings (SSSR count). The van der Waals surface area contributed by atoms with E-state index in [1.807, 2.05) is 0 Å². The van der Waals surface area contributed by atoms with Gasteiger partial charge in [0.25, 0.3) is 0 Å². The standard InChI is InChI=1S/2C26H48O16/c1-36-6-12-15(3-27)41-20(26(35)23(12)32)11-39-8-14-21(30)17(5-29)42-19(22(14)31)10-38-7-13-16(4-28)40-18(9-37-2)25(34)24(13)33;1-36-6-12-15(3-27)41-19(25(34)21(12)30)10-39-8-14-17(5-29)42-20(26(35)23(14)32)11-38-7-13-16(4-28)40-18(9-37-2)24(33)22(13)31/h2*12-35H,3-11H2,1-2H3/t12-,13-,14-,15?,16?,17?,18+,19+,20+,21+,22?,23-,24-,25?,26?;12-,13-,14-,15?,16?,17?,18+,19+,20+,21-,22-,23-,24?,25?,26?/m11/s1. The molecule has 0 aromatic rings. The van der Waals surface area contributed by atoms with E-state index in [0.717, 1.165) is 0 Å². The zero-order valence-electron chi connectivity index (χ0n) is 47.8. The van der Waals surface area contributed by atoms with E-state index in [0.29, 0.717) is 0 Å². The molecule has 0 aromatic carbocycles. The van der Waals surface area contributed by atoms with Gasteiger partial charge in [0.05, 0.1) is 192 Å². The molecule has 6 heterocycles. The first-order valence-corrected chi connectivity index (χ1v) is 28.3. The van der Waals surface area contributed by atoms with Crippen molar-refractivity contribution in [3.63, 3.8) is 0 Å². The summed E-state index contributed by atoms with van der Waals surface area (Å²) in [6.07, 6.45) is -26.8. The lowest BCUT2D eigenvalue weighted by molar-refractivity contribution is -0.248. The maximum Gasteiger partial charge on any atom is 0.110 e. The van der Waals surface area contributed by atoms with Crippen molar-refractivity contribution in [2.24, 2.45) is 35.5 Å². The zero-order valence-corrected chi connectivity index (χ0v) is 47.8. The van der Waals surface area contributed by atoms with Crippen molar-refractivity contribution >= 4 is 0 Å². The van der Waals surface area contributed by atoms with E-state index >= 15 is 0 Å². The summed E-state index contributed by atoms with van der Waals surface area (Å²) in [5, 5.41) is 185. The summed E-state index contributed by atoms with van der Waals surface area (Å²) < 4.78 is 76.8. The Balaban J connectivity index is 0.000000307. The molecule has 0 saturated carbocycles. The number of ether oxygens (including phenoxy) is 14. The molecule has 0 amide bonds. The van der Waals surface area contributed by atoms with Crippen molar-refractivity contribution in [1.29, 1.82) is 0 Å². The molecule has 32 nitrogen and oxygen atoms in total. The van der Waals surface area contributed by atoms with Gasteiger partial charge in [0.1, 0.15) is 73.2 Å². The highest BCUT2D eigenvalue weighted by molar-refractivity contribution is 4.98. The zero-order chi connectivity index (χ0) is 61.9. The lowest BCUT2D eigenvalue weighted by Gasteiger charge is -2.44. The van der Waals surface area contributed by atoms with Crippen LogP contribution < -0.4 is 0 Å². The highest BCUT2D eigenvalue weighted by atomic mass is 16.6. The van der Waals surface area contributed by atoms with Crippen LogP contribution >= 0.6 is 0 Å². The van der Waals surface area contributed by atoms with Crippen LogP contribution in [0.2, 0.25) is 0 Å². The van der Waals surface area contributed by atoms with Gasteiger partial charge in [0.15, 0.2) is 0 Å². The minimum atomic E-state index is -1.44. The van der Waals surface area contributed by atoms with Crippen LogP contribution in [-0.4, -0.2) is 386 Å². The molecule has 18 N–H and O–H groups in total. The molecule has 6 aliphatic heterocycles. The van der Waals surface area contributed by atoms with Crippen molar-refractivity contribution in [2.75, 3.05) is 147 Å². The van der Waals surface area contributed by atoms with Crippen molar-refractivity contribution < 1.29 is 158 Å². The van der Waals surface area contributed by atoms with Crippen LogP contribution in [0.25, 0.3) is 0 Å². The van der Waals surface area contributed by atoms with E-state index < -0.39 is 222 Å². The van der Waals surface area contributed by atoms with Gasteiger partial charge in [-0.25, -0.2) is 0 Å². The average Bonchev–Trinajstić information content (AvgIpc) is 3.62. The molecular weight excluding hydrogens is 1140 g/mol. The molecule has 0 radical (unpaired) electrons. The Morgan fingerprint density at radius 1 is 0.202 bits per heavy atom. The highest BCUT2D eigenvalue weighted by Gasteiger charge is 2.51. The molecule has 30 atom stereocenters. The van der Waals surface area contributed by atoms with Crippen molar-refractivity contribution in [3.8, 4) is 0 Å². The number of hydrogen-bond donors (Lipinski definition) is 18. The third-order valence-corrected chi connectivity index (χ3v) is 16.8. The topological polar surface area (TPSA) is 493 Å². The largest absolute Gasteiger partial charge is 0.394 e. The fourth-order valence-corrected chi connectivity index (χ4v) is 11.7. The second-order valence-electron chi connectivity index (χ2n) is 22.2. The third kappa shape index (κ3) is 18.5. The maximum absolute atomic E-state index is 11.0. The van der Waals surface area contributed by atoms with Crippen LogP contribution in [0.3, 0.4) is 0 Å². The first kappa shape index (κ1) is 73.5. The molecule has 6 fully saturated rings. The molecule has 0 aliphatic carbocycles. The average molecular weight is 1230 g/mol. The molecule has 0 bridgehead atoms. The van der Waals surface area contributed by atoms with Crippen LogP contribution in [0, 0.1) is 35.5 Å². The molecule has 0 aromatic heterocycles. The number of rotatable bonds is 30. The van der Waals surface area contributed by atoms with Gasteiger partial charge in [0, 0.05) is 63.9 Å². The van der Waals surface area contributed by atoms with Crippen molar-refractivity contribution in [3.05, 3.63) is 0 Å². The first-order chi connectivity index (χ1) is 40.2. The third-order valence-electron chi connectivity index (χ3n) is 16.8. The summed E-state index contributed by atoms with van der Waals surface area (Å²) in [5.41, 5.74) is 0. The van der Waals surface area contributed by atoms with Gasteiger partial charge in [-0.05, 0) is 0 Å². The van der Waals surface area contributed by atoms with Crippen LogP contribution in [0.1, 0.15) is 0 Å². The second-order valence-corrected chi connectivity index (χ2v) is 22.2. The minimum Gasteiger partial charge on any atom is -0.394 e. The molecule has 32 heteroatoms. The summed E-state index contributed by atoms with van der Waals surface area (Å²) in [7, 11) is 5.68. The van der Waals surface area contributed by atoms with E-state index in [-0.39, 0.29) is 79.3 Å². The Bertz CT molecular complexity index is 1760. The summed E-state index contributed by atoms with van der Waals surface area (Å²) in [4.78, 5) is 0. The Hall–Kier alpha value is -1.28. The smallest absolute Gasteiger partial charge is 0.110 e. The molecule has 0 spiro atoms. The summed E-state index contributed by atoms with van der Waals surface area (Å²) in [5.74, 6) is -4.72. The van der Waals surface area contributed by atoms with Crippen LogP contribution in [0.5, 0.6) is 0 Å². The number of aliphatic hydroxyl groups is 18. The normalized spacial score (nSPS) is 44.8. The van der Waals surface area contributed by atoms with E-state index in [9.17, 15) is 91.9 Å².